The average Bonchev–Trinajstić information content (AvgIpc) is 2.77. The number of carbonyl (C=O) groups is 2. The molecule has 0 bridgehead atoms. The van der Waals surface area contributed by atoms with E-state index in [1.54, 1.807) is 48.5 Å². The molecule has 0 radical (unpaired) electrons. The minimum atomic E-state index is -0.427. The van der Waals surface area contributed by atoms with Crippen LogP contribution in [0.2, 0.25) is 10.0 Å². The topological polar surface area (TPSA) is 68.7 Å². The fraction of sp³-hybridized carbons (Fsp3) is 0.174. The summed E-state index contributed by atoms with van der Waals surface area (Å²) in [6.45, 7) is 2.28. The Morgan fingerprint density at radius 2 is 1.71 bits per heavy atom. The van der Waals surface area contributed by atoms with Gasteiger partial charge in [0.05, 0.1) is 36.4 Å². The second kappa shape index (κ2) is 10.3. The molecule has 0 unspecified atom stereocenters. The molecule has 0 N–H and O–H groups in total. The lowest BCUT2D eigenvalue weighted by Crippen LogP contribution is -2.31. The molecule has 2 aromatic carbocycles. The van der Waals surface area contributed by atoms with Gasteiger partial charge in [-0.3, -0.25) is 9.78 Å². The van der Waals surface area contributed by atoms with Crippen LogP contribution in [0.1, 0.15) is 33.2 Å². The zero-order chi connectivity index (χ0) is 22.4. The van der Waals surface area contributed by atoms with E-state index in [4.69, 9.17) is 32.7 Å². The highest BCUT2D eigenvalue weighted by Gasteiger charge is 2.24. The summed E-state index contributed by atoms with van der Waals surface area (Å²) in [6.07, 6.45) is 3.30. The van der Waals surface area contributed by atoms with Crippen LogP contribution in [0.15, 0.2) is 60.9 Å². The Morgan fingerprint density at radius 3 is 2.32 bits per heavy atom. The molecular weight excluding hydrogens is 439 g/mol. The number of aromatic nitrogens is 1. The SMILES string of the molecule is CCOC(=O)c1ccc(N(Cc2ccncc2)C(=O)c2cc(Cl)cc(Cl)c2OC)cc1. The number of benzene rings is 2. The first-order valence-corrected chi connectivity index (χ1v) is 10.2. The number of carbonyl (C=O) groups excluding carboxylic acids is 2. The maximum absolute atomic E-state index is 13.6. The van der Waals surface area contributed by atoms with Gasteiger partial charge in [-0.2, -0.15) is 0 Å². The second-order valence-electron chi connectivity index (χ2n) is 6.48. The highest BCUT2D eigenvalue weighted by atomic mass is 35.5. The lowest BCUT2D eigenvalue weighted by molar-refractivity contribution is 0.0526. The van der Waals surface area contributed by atoms with E-state index in [-0.39, 0.29) is 35.4 Å². The van der Waals surface area contributed by atoms with E-state index in [1.807, 2.05) is 12.1 Å². The van der Waals surface area contributed by atoms with Crippen molar-refractivity contribution in [2.45, 2.75) is 13.5 Å². The van der Waals surface area contributed by atoms with Crippen molar-refractivity contribution in [3.05, 3.63) is 87.7 Å². The third-order valence-electron chi connectivity index (χ3n) is 4.47. The van der Waals surface area contributed by atoms with Gasteiger partial charge in [0.15, 0.2) is 0 Å². The fourth-order valence-electron chi connectivity index (χ4n) is 3.02. The van der Waals surface area contributed by atoms with E-state index < -0.39 is 5.97 Å². The summed E-state index contributed by atoms with van der Waals surface area (Å²) in [5.74, 6) is -0.551. The van der Waals surface area contributed by atoms with Crippen molar-refractivity contribution in [1.82, 2.24) is 4.98 Å². The Bertz CT molecular complexity index is 1070. The Kier molecular flexibility index (Phi) is 7.50. The van der Waals surface area contributed by atoms with Crippen LogP contribution >= 0.6 is 23.2 Å². The number of anilines is 1. The van der Waals surface area contributed by atoms with Crippen LogP contribution in [0, 0.1) is 0 Å². The molecule has 8 heteroatoms. The number of hydrogen-bond acceptors (Lipinski definition) is 5. The van der Waals surface area contributed by atoms with E-state index in [9.17, 15) is 9.59 Å². The lowest BCUT2D eigenvalue weighted by Gasteiger charge is -2.24. The first-order chi connectivity index (χ1) is 14.9. The maximum Gasteiger partial charge on any atom is 0.338 e. The Morgan fingerprint density at radius 1 is 1.03 bits per heavy atom. The van der Waals surface area contributed by atoms with Crippen molar-refractivity contribution >= 4 is 40.8 Å². The molecule has 0 saturated carbocycles. The Labute approximate surface area is 190 Å². The molecule has 160 valence electrons. The van der Waals surface area contributed by atoms with Crippen LogP contribution in [0.4, 0.5) is 5.69 Å². The summed E-state index contributed by atoms with van der Waals surface area (Å²) in [5, 5.41) is 0.551. The Balaban J connectivity index is 2.03. The molecule has 0 spiro atoms. The van der Waals surface area contributed by atoms with Crippen LogP contribution in [-0.4, -0.2) is 30.6 Å². The van der Waals surface area contributed by atoms with Crippen molar-refractivity contribution in [1.29, 1.82) is 0 Å². The number of rotatable bonds is 7. The van der Waals surface area contributed by atoms with Crippen LogP contribution in [0.5, 0.6) is 5.75 Å². The zero-order valence-corrected chi connectivity index (χ0v) is 18.5. The van der Waals surface area contributed by atoms with E-state index in [0.717, 1.165) is 5.56 Å². The van der Waals surface area contributed by atoms with Crippen LogP contribution in [-0.2, 0) is 11.3 Å². The number of ether oxygens (including phenoxy) is 2. The van der Waals surface area contributed by atoms with Gasteiger partial charge >= 0.3 is 5.97 Å². The number of halogens is 2. The summed E-state index contributed by atoms with van der Waals surface area (Å²) in [4.78, 5) is 31.1. The van der Waals surface area contributed by atoms with Crippen LogP contribution < -0.4 is 9.64 Å². The highest BCUT2D eigenvalue weighted by molar-refractivity contribution is 6.36. The molecule has 1 aromatic heterocycles. The third kappa shape index (κ3) is 5.34. The van der Waals surface area contributed by atoms with E-state index in [1.165, 1.54) is 19.2 Å². The highest BCUT2D eigenvalue weighted by Crippen LogP contribution is 2.34. The molecule has 1 heterocycles. The number of amides is 1. The summed E-state index contributed by atoms with van der Waals surface area (Å²) in [6, 6.07) is 13.3. The smallest absolute Gasteiger partial charge is 0.338 e. The maximum atomic E-state index is 13.6. The van der Waals surface area contributed by atoms with Crippen LogP contribution in [0.25, 0.3) is 0 Å². The lowest BCUT2D eigenvalue weighted by atomic mass is 10.1. The van der Waals surface area contributed by atoms with Gasteiger partial charge in [0.2, 0.25) is 0 Å². The van der Waals surface area contributed by atoms with Crippen molar-refractivity contribution in [2.75, 3.05) is 18.6 Å². The molecule has 0 aliphatic heterocycles. The van der Waals surface area contributed by atoms with Gasteiger partial charge in [-0.15, -0.1) is 0 Å². The molecule has 31 heavy (non-hydrogen) atoms. The van der Waals surface area contributed by atoms with Gasteiger partial charge in [0.1, 0.15) is 5.75 Å². The first-order valence-electron chi connectivity index (χ1n) is 9.45. The largest absolute Gasteiger partial charge is 0.494 e. The van der Waals surface area contributed by atoms with E-state index in [2.05, 4.69) is 4.98 Å². The van der Waals surface area contributed by atoms with Crippen molar-refractivity contribution in [3.8, 4) is 5.75 Å². The van der Waals surface area contributed by atoms with Crippen molar-refractivity contribution < 1.29 is 19.1 Å². The molecule has 3 rings (SSSR count). The second-order valence-corrected chi connectivity index (χ2v) is 7.33. The quantitative estimate of drug-likeness (QED) is 0.442. The normalized spacial score (nSPS) is 10.5. The number of hydrogen-bond donors (Lipinski definition) is 0. The number of nitrogens with zero attached hydrogens (tertiary/aromatic N) is 2. The minimum Gasteiger partial charge on any atom is -0.494 e. The van der Waals surface area contributed by atoms with E-state index in [0.29, 0.717) is 16.3 Å². The summed E-state index contributed by atoms with van der Waals surface area (Å²) >= 11 is 12.4. The molecule has 0 aliphatic carbocycles. The van der Waals surface area contributed by atoms with Gasteiger partial charge in [-0.1, -0.05) is 23.2 Å². The average molecular weight is 459 g/mol. The number of methoxy groups -OCH3 is 1. The molecule has 0 atom stereocenters. The zero-order valence-electron chi connectivity index (χ0n) is 17.0. The predicted octanol–water partition coefficient (Wildman–Crippen LogP) is 5.42. The van der Waals surface area contributed by atoms with E-state index >= 15 is 0 Å². The van der Waals surface area contributed by atoms with Crippen LogP contribution in [0.3, 0.4) is 0 Å². The first kappa shape index (κ1) is 22.6. The van der Waals surface area contributed by atoms with Gasteiger partial charge < -0.3 is 14.4 Å². The molecule has 0 aliphatic rings. The summed E-state index contributed by atoms with van der Waals surface area (Å²) < 4.78 is 10.4. The summed E-state index contributed by atoms with van der Waals surface area (Å²) in [7, 11) is 1.44. The molecule has 3 aromatic rings. The standard InChI is InChI=1S/C23H20Cl2N2O4/c1-3-31-23(29)16-4-6-18(7-5-16)27(14-15-8-10-26-11-9-15)22(28)19-12-17(24)13-20(25)21(19)30-2/h4-13H,3,14H2,1-2H3. The van der Waals surface area contributed by atoms with Crippen molar-refractivity contribution in [2.24, 2.45) is 0 Å². The molecule has 0 fully saturated rings. The predicted molar refractivity (Wildman–Crippen MR) is 120 cm³/mol. The Hall–Kier alpha value is -3.09. The monoisotopic (exact) mass is 458 g/mol. The molecule has 6 nitrogen and oxygen atoms in total. The molecule has 0 saturated heterocycles. The number of esters is 1. The van der Waals surface area contributed by atoms with Crippen molar-refractivity contribution in [3.63, 3.8) is 0 Å². The van der Waals surface area contributed by atoms with Gasteiger partial charge in [0.25, 0.3) is 5.91 Å². The molecule has 1 amide bonds. The van der Waals surface area contributed by atoms with Gasteiger partial charge in [-0.25, -0.2) is 4.79 Å². The third-order valence-corrected chi connectivity index (χ3v) is 4.97. The minimum absolute atomic E-state index is 0.225. The summed E-state index contributed by atoms with van der Waals surface area (Å²) in [5.41, 5.74) is 2.06. The van der Waals surface area contributed by atoms with Gasteiger partial charge in [0, 0.05) is 23.1 Å². The van der Waals surface area contributed by atoms with Gasteiger partial charge in [-0.05, 0) is 61.0 Å². The number of pyridine rings is 1. The molecular formula is C23H20Cl2N2O4. The fourth-order valence-corrected chi connectivity index (χ4v) is 3.59.